The van der Waals surface area contributed by atoms with Crippen molar-refractivity contribution in [3.8, 4) is 0 Å². The highest BCUT2D eigenvalue weighted by Gasteiger charge is 2.28. The minimum Gasteiger partial charge on any atom is -0.355 e. The average molecular weight is 345 g/mol. The monoisotopic (exact) mass is 345 g/mol. The number of aromatic nitrogens is 2. The molecule has 2 heterocycles. The lowest BCUT2D eigenvalue weighted by molar-refractivity contribution is -0.136. The van der Waals surface area contributed by atoms with Gasteiger partial charge in [-0.15, -0.1) is 0 Å². The normalized spacial score (nSPS) is 17.6. The van der Waals surface area contributed by atoms with Crippen LogP contribution in [0.1, 0.15) is 12.8 Å². The van der Waals surface area contributed by atoms with E-state index in [1.165, 1.54) is 4.57 Å². The quantitative estimate of drug-likeness (QED) is 0.687. The van der Waals surface area contributed by atoms with Crippen LogP contribution in [0.5, 0.6) is 0 Å². The molecule has 1 fully saturated rings. The molecule has 1 aliphatic heterocycles. The smallest absolute Gasteiger partial charge is 0.326 e. The van der Waals surface area contributed by atoms with Gasteiger partial charge in [-0.05, 0) is 25.0 Å². The lowest BCUT2D eigenvalue weighted by Gasteiger charge is -2.32. The summed E-state index contributed by atoms with van der Waals surface area (Å²) in [6.07, 6.45) is 1.53. The summed E-state index contributed by atoms with van der Waals surface area (Å²) in [5.74, 6) is -0.431. The van der Waals surface area contributed by atoms with Crippen LogP contribution in [-0.4, -0.2) is 52.4 Å². The second-order valence-electron chi connectivity index (χ2n) is 6.29. The zero-order chi connectivity index (χ0) is 17.8. The molecule has 3 rings (SSSR count). The van der Waals surface area contributed by atoms with Gasteiger partial charge in [-0.1, -0.05) is 12.1 Å². The standard InChI is InChI=1S/C17H23N5O3/c18-7-8-19-16(24)12-4-3-9-21(10-12)15(23)11-22-14-6-2-1-5-13(14)20-17(22)25/h1-2,5-6,12H,3-4,7-11,18H2,(H,19,24)(H,20,25). The number of piperidine rings is 1. The Bertz CT molecular complexity index is 825. The van der Waals surface area contributed by atoms with Crippen LogP contribution in [-0.2, 0) is 16.1 Å². The van der Waals surface area contributed by atoms with Crippen molar-refractivity contribution in [1.82, 2.24) is 19.8 Å². The third-order valence-electron chi connectivity index (χ3n) is 4.56. The van der Waals surface area contributed by atoms with Crippen LogP contribution in [0, 0.1) is 5.92 Å². The summed E-state index contributed by atoms with van der Waals surface area (Å²) < 4.78 is 1.44. The number of nitrogens with one attached hydrogen (secondary N) is 2. The summed E-state index contributed by atoms with van der Waals surface area (Å²) in [7, 11) is 0. The molecule has 1 aromatic heterocycles. The molecule has 0 bridgehead atoms. The first-order chi connectivity index (χ1) is 12.1. The van der Waals surface area contributed by atoms with Gasteiger partial charge in [0.15, 0.2) is 0 Å². The van der Waals surface area contributed by atoms with Crippen LogP contribution in [0.4, 0.5) is 0 Å². The average Bonchev–Trinajstić information content (AvgIpc) is 2.95. The Morgan fingerprint density at radius 1 is 1.32 bits per heavy atom. The highest BCUT2D eigenvalue weighted by molar-refractivity contribution is 5.82. The van der Waals surface area contributed by atoms with Gasteiger partial charge in [0.1, 0.15) is 6.54 Å². The maximum absolute atomic E-state index is 12.6. The van der Waals surface area contributed by atoms with Gasteiger partial charge in [0.05, 0.1) is 17.0 Å². The number of hydrogen-bond acceptors (Lipinski definition) is 4. The van der Waals surface area contributed by atoms with Gasteiger partial charge < -0.3 is 20.9 Å². The molecule has 1 unspecified atom stereocenters. The van der Waals surface area contributed by atoms with Crippen molar-refractivity contribution in [2.45, 2.75) is 19.4 Å². The number of nitrogens with zero attached hydrogens (tertiary/aromatic N) is 2. The minimum absolute atomic E-state index is 0.0278. The molecule has 1 aromatic carbocycles. The molecule has 1 atom stereocenters. The first-order valence-electron chi connectivity index (χ1n) is 8.53. The summed E-state index contributed by atoms with van der Waals surface area (Å²) in [4.78, 5) is 41.3. The molecular formula is C17H23N5O3. The number of para-hydroxylation sites is 2. The third kappa shape index (κ3) is 3.74. The maximum Gasteiger partial charge on any atom is 0.326 e. The molecule has 1 aliphatic rings. The summed E-state index contributed by atoms with van der Waals surface area (Å²) in [5, 5.41) is 2.78. The van der Waals surface area contributed by atoms with E-state index < -0.39 is 0 Å². The van der Waals surface area contributed by atoms with Crippen molar-refractivity contribution in [2.24, 2.45) is 11.7 Å². The number of imidazole rings is 1. The first kappa shape index (κ1) is 17.2. The molecule has 2 aromatic rings. The number of fused-ring (bicyclic) bond motifs is 1. The summed E-state index contributed by atoms with van der Waals surface area (Å²) >= 11 is 0. The van der Waals surface area contributed by atoms with E-state index in [-0.39, 0.29) is 30.0 Å². The molecule has 0 radical (unpaired) electrons. The van der Waals surface area contributed by atoms with Gasteiger partial charge in [-0.2, -0.15) is 0 Å². The molecular weight excluding hydrogens is 322 g/mol. The maximum atomic E-state index is 12.6. The van der Waals surface area contributed by atoms with Gasteiger partial charge in [-0.3, -0.25) is 14.2 Å². The van der Waals surface area contributed by atoms with Crippen molar-refractivity contribution >= 4 is 22.8 Å². The van der Waals surface area contributed by atoms with Crippen molar-refractivity contribution in [3.05, 3.63) is 34.7 Å². The molecule has 134 valence electrons. The van der Waals surface area contributed by atoms with Gasteiger partial charge in [0, 0.05) is 26.2 Å². The largest absolute Gasteiger partial charge is 0.355 e. The number of likely N-dealkylation sites (tertiary alicyclic amines) is 1. The molecule has 1 saturated heterocycles. The second-order valence-corrected chi connectivity index (χ2v) is 6.29. The summed E-state index contributed by atoms with van der Waals surface area (Å²) in [6.45, 7) is 1.79. The second kappa shape index (κ2) is 7.52. The molecule has 8 nitrogen and oxygen atoms in total. The van der Waals surface area contributed by atoms with Crippen LogP contribution in [0.25, 0.3) is 11.0 Å². The Hall–Kier alpha value is -2.61. The molecule has 8 heteroatoms. The fourth-order valence-electron chi connectivity index (χ4n) is 3.26. The van der Waals surface area contributed by atoms with Crippen molar-refractivity contribution in [2.75, 3.05) is 26.2 Å². The molecule has 2 amide bonds. The Kier molecular flexibility index (Phi) is 5.18. The predicted octanol–water partition coefficient (Wildman–Crippen LogP) is -0.357. The van der Waals surface area contributed by atoms with E-state index in [2.05, 4.69) is 10.3 Å². The van der Waals surface area contributed by atoms with E-state index in [1.807, 2.05) is 12.1 Å². The number of hydrogen-bond donors (Lipinski definition) is 3. The van der Waals surface area contributed by atoms with Crippen molar-refractivity contribution in [1.29, 1.82) is 0 Å². The Balaban J connectivity index is 1.69. The minimum atomic E-state index is -0.302. The summed E-state index contributed by atoms with van der Waals surface area (Å²) in [6, 6.07) is 7.27. The highest BCUT2D eigenvalue weighted by atomic mass is 16.2. The van der Waals surface area contributed by atoms with E-state index in [0.29, 0.717) is 37.2 Å². The SMILES string of the molecule is NCCNC(=O)C1CCCN(C(=O)Cn2c(=O)[nH]c3ccccc32)C1. The number of carbonyl (C=O) groups is 2. The van der Waals surface area contributed by atoms with Gasteiger partial charge >= 0.3 is 5.69 Å². The zero-order valence-corrected chi connectivity index (χ0v) is 14.0. The van der Waals surface area contributed by atoms with Gasteiger partial charge in [0.25, 0.3) is 0 Å². The van der Waals surface area contributed by atoms with Crippen LogP contribution < -0.4 is 16.7 Å². The Morgan fingerprint density at radius 2 is 2.12 bits per heavy atom. The third-order valence-corrected chi connectivity index (χ3v) is 4.56. The fraction of sp³-hybridized carbons (Fsp3) is 0.471. The van der Waals surface area contributed by atoms with E-state index in [9.17, 15) is 14.4 Å². The number of nitrogens with two attached hydrogens (primary N) is 1. The van der Waals surface area contributed by atoms with Crippen molar-refractivity contribution < 1.29 is 9.59 Å². The van der Waals surface area contributed by atoms with E-state index in [1.54, 1.807) is 17.0 Å². The number of H-pyrrole nitrogens is 1. The molecule has 0 spiro atoms. The van der Waals surface area contributed by atoms with Crippen LogP contribution in [0.2, 0.25) is 0 Å². The Labute approximate surface area is 145 Å². The van der Waals surface area contributed by atoms with Gasteiger partial charge in [0.2, 0.25) is 11.8 Å². The van der Waals surface area contributed by atoms with Gasteiger partial charge in [-0.25, -0.2) is 4.79 Å². The number of amides is 2. The molecule has 25 heavy (non-hydrogen) atoms. The first-order valence-corrected chi connectivity index (χ1v) is 8.53. The number of carbonyl (C=O) groups excluding carboxylic acids is 2. The lowest BCUT2D eigenvalue weighted by atomic mass is 9.97. The van der Waals surface area contributed by atoms with E-state index in [0.717, 1.165) is 12.8 Å². The highest BCUT2D eigenvalue weighted by Crippen LogP contribution is 2.17. The fourth-order valence-corrected chi connectivity index (χ4v) is 3.26. The summed E-state index contributed by atoms with van der Waals surface area (Å²) in [5.41, 5.74) is 6.51. The predicted molar refractivity (Wildman–Crippen MR) is 93.9 cm³/mol. The van der Waals surface area contributed by atoms with E-state index >= 15 is 0 Å². The molecule has 0 saturated carbocycles. The van der Waals surface area contributed by atoms with E-state index in [4.69, 9.17) is 5.73 Å². The number of rotatable bonds is 5. The topological polar surface area (TPSA) is 113 Å². The van der Waals surface area contributed by atoms with Crippen LogP contribution in [0.3, 0.4) is 0 Å². The van der Waals surface area contributed by atoms with Crippen LogP contribution in [0.15, 0.2) is 29.1 Å². The molecule has 0 aliphatic carbocycles. The zero-order valence-electron chi connectivity index (χ0n) is 14.0. The number of benzene rings is 1. The lowest BCUT2D eigenvalue weighted by Crippen LogP contribution is -2.47. The Morgan fingerprint density at radius 3 is 2.92 bits per heavy atom. The van der Waals surface area contributed by atoms with Crippen molar-refractivity contribution in [3.63, 3.8) is 0 Å². The van der Waals surface area contributed by atoms with Crippen LogP contribution >= 0.6 is 0 Å². The number of aromatic amines is 1. The molecule has 4 N–H and O–H groups in total.